The van der Waals surface area contributed by atoms with Crippen molar-refractivity contribution in [1.82, 2.24) is 0 Å². The van der Waals surface area contributed by atoms with Gasteiger partial charge in [0.1, 0.15) is 0 Å². The molecule has 0 saturated carbocycles. The molecule has 0 aromatic carbocycles. The second-order valence-corrected chi connectivity index (χ2v) is 5.56. The van der Waals surface area contributed by atoms with Gasteiger partial charge >= 0.3 is 5.97 Å². The van der Waals surface area contributed by atoms with E-state index >= 15 is 0 Å². The maximum absolute atomic E-state index is 12.4. The Bertz CT molecular complexity index is 514. The first-order valence-corrected chi connectivity index (χ1v) is 6.37. The normalized spacial score (nSPS) is 37.7. The second-order valence-electron chi connectivity index (χ2n) is 5.56. The summed E-state index contributed by atoms with van der Waals surface area (Å²) >= 11 is 0. The molecule has 19 heavy (non-hydrogen) atoms. The SMILES string of the molecule is COC(=O)[C@@H]1C=C[C@H](C)[C@@H]2C(=O)C(C)=CC(=O)[C@]12C. The summed E-state index contributed by atoms with van der Waals surface area (Å²) in [5, 5.41) is 0. The highest BCUT2D eigenvalue weighted by Crippen LogP contribution is 2.49. The number of rotatable bonds is 1. The lowest BCUT2D eigenvalue weighted by Crippen LogP contribution is -2.54. The number of Topliss-reactive ketones (excluding diaryl/α,β-unsaturated/α-hetero) is 1. The van der Waals surface area contributed by atoms with Gasteiger partial charge in [0.25, 0.3) is 0 Å². The van der Waals surface area contributed by atoms with Crippen LogP contribution in [-0.2, 0) is 19.1 Å². The van der Waals surface area contributed by atoms with Gasteiger partial charge in [-0.15, -0.1) is 0 Å². The number of allylic oxidation sites excluding steroid dienone is 3. The van der Waals surface area contributed by atoms with Crippen LogP contribution in [0.1, 0.15) is 20.8 Å². The molecule has 0 heterocycles. The molecular formula is C15H18O4. The van der Waals surface area contributed by atoms with Crippen LogP contribution in [0.5, 0.6) is 0 Å². The van der Waals surface area contributed by atoms with E-state index < -0.39 is 23.2 Å². The van der Waals surface area contributed by atoms with E-state index in [2.05, 4.69) is 0 Å². The molecule has 0 spiro atoms. The maximum atomic E-state index is 12.4. The van der Waals surface area contributed by atoms with E-state index in [1.54, 1.807) is 19.9 Å². The van der Waals surface area contributed by atoms with Gasteiger partial charge in [0.2, 0.25) is 0 Å². The molecule has 0 fully saturated rings. The molecule has 102 valence electrons. The molecule has 0 aromatic rings. The molecule has 2 aliphatic rings. The van der Waals surface area contributed by atoms with Crippen molar-refractivity contribution in [3.05, 3.63) is 23.8 Å². The van der Waals surface area contributed by atoms with Crippen molar-refractivity contribution in [3.8, 4) is 0 Å². The Morgan fingerprint density at radius 3 is 2.53 bits per heavy atom. The van der Waals surface area contributed by atoms with Crippen LogP contribution in [0.2, 0.25) is 0 Å². The molecule has 0 bridgehead atoms. The standard InChI is InChI=1S/C15H18O4/c1-8-5-6-10(14(18)19-4)15(3)11(16)7-9(2)13(17)12(8)15/h5-8,10,12H,1-4H3/t8-,10-,12+,15-/m0/s1. The average molecular weight is 262 g/mol. The highest BCUT2D eigenvalue weighted by Gasteiger charge is 2.57. The first kappa shape index (κ1) is 13.7. The highest BCUT2D eigenvalue weighted by molar-refractivity contribution is 6.13. The topological polar surface area (TPSA) is 60.4 Å². The zero-order valence-electron chi connectivity index (χ0n) is 11.6. The van der Waals surface area contributed by atoms with E-state index in [1.807, 2.05) is 13.0 Å². The van der Waals surface area contributed by atoms with Crippen LogP contribution >= 0.6 is 0 Å². The number of methoxy groups -OCH3 is 1. The van der Waals surface area contributed by atoms with Crippen LogP contribution in [-0.4, -0.2) is 24.6 Å². The number of hydrogen-bond donors (Lipinski definition) is 0. The zero-order valence-corrected chi connectivity index (χ0v) is 11.6. The fraction of sp³-hybridized carbons (Fsp3) is 0.533. The van der Waals surface area contributed by atoms with Crippen molar-refractivity contribution >= 4 is 17.5 Å². The molecule has 2 aliphatic carbocycles. The summed E-state index contributed by atoms with van der Waals surface area (Å²) in [7, 11) is 1.29. The molecule has 0 aromatic heterocycles. The fourth-order valence-corrected chi connectivity index (χ4v) is 3.27. The van der Waals surface area contributed by atoms with Gasteiger partial charge in [-0.3, -0.25) is 14.4 Å². The first-order chi connectivity index (χ1) is 8.83. The smallest absolute Gasteiger partial charge is 0.313 e. The predicted octanol–water partition coefficient (Wildman–Crippen LogP) is 1.70. The van der Waals surface area contributed by atoms with Gasteiger partial charge in [-0.05, 0) is 24.5 Å². The van der Waals surface area contributed by atoms with E-state index in [9.17, 15) is 14.4 Å². The van der Waals surface area contributed by atoms with Gasteiger partial charge < -0.3 is 4.74 Å². The summed E-state index contributed by atoms with van der Waals surface area (Å²) in [4.78, 5) is 36.7. The van der Waals surface area contributed by atoms with Crippen molar-refractivity contribution < 1.29 is 19.1 Å². The van der Waals surface area contributed by atoms with Crippen molar-refractivity contribution in [2.24, 2.45) is 23.2 Å². The molecule has 0 aliphatic heterocycles. The molecule has 0 N–H and O–H groups in total. The van der Waals surface area contributed by atoms with E-state index in [1.165, 1.54) is 13.2 Å². The van der Waals surface area contributed by atoms with Crippen molar-refractivity contribution in [2.45, 2.75) is 20.8 Å². The van der Waals surface area contributed by atoms with Gasteiger partial charge in [-0.2, -0.15) is 0 Å². The molecule has 2 rings (SSSR count). The number of carbonyl (C=O) groups excluding carboxylic acids is 3. The summed E-state index contributed by atoms with van der Waals surface area (Å²) in [6.45, 7) is 5.25. The van der Waals surface area contributed by atoms with E-state index in [0.29, 0.717) is 5.57 Å². The van der Waals surface area contributed by atoms with Crippen LogP contribution in [0.25, 0.3) is 0 Å². The quantitative estimate of drug-likeness (QED) is 0.533. The van der Waals surface area contributed by atoms with Gasteiger partial charge in [0.05, 0.1) is 18.4 Å². The van der Waals surface area contributed by atoms with E-state index in [-0.39, 0.29) is 17.5 Å². The number of hydrogen-bond acceptors (Lipinski definition) is 4. The number of ketones is 2. The average Bonchev–Trinajstić information content (AvgIpc) is 2.36. The molecule has 0 unspecified atom stereocenters. The van der Waals surface area contributed by atoms with Gasteiger partial charge in [-0.25, -0.2) is 0 Å². The molecule has 0 radical (unpaired) electrons. The fourth-order valence-electron chi connectivity index (χ4n) is 3.27. The Morgan fingerprint density at radius 2 is 1.95 bits per heavy atom. The summed E-state index contributed by atoms with van der Waals surface area (Å²) in [6.07, 6.45) is 4.89. The molecule has 0 saturated heterocycles. The van der Waals surface area contributed by atoms with Crippen molar-refractivity contribution in [2.75, 3.05) is 7.11 Å². The zero-order chi connectivity index (χ0) is 14.4. The number of fused-ring (bicyclic) bond motifs is 1. The van der Waals surface area contributed by atoms with Gasteiger partial charge in [-0.1, -0.05) is 26.0 Å². The third kappa shape index (κ3) is 1.78. The Morgan fingerprint density at radius 1 is 1.32 bits per heavy atom. The predicted molar refractivity (Wildman–Crippen MR) is 69.2 cm³/mol. The minimum absolute atomic E-state index is 0.0483. The van der Waals surface area contributed by atoms with Crippen molar-refractivity contribution in [1.29, 1.82) is 0 Å². The van der Waals surface area contributed by atoms with Crippen LogP contribution in [0.4, 0.5) is 0 Å². The Labute approximate surface area is 112 Å². The Hall–Kier alpha value is -1.71. The molecule has 4 nitrogen and oxygen atoms in total. The number of ether oxygens (including phenoxy) is 1. The molecule has 0 amide bonds. The minimum Gasteiger partial charge on any atom is -0.469 e. The maximum Gasteiger partial charge on any atom is 0.313 e. The second kappa shape index (κ2) is 4.44. The summed E-state index contributed by atoms with van der Waals surface area (Å²) < 4.78 is 4.78. The van der Waals surface area contributed by atoms with Crippen molar-refractivity contribution in [3.63, 3.8) is 0 Å². The Balaban J connectivity index is 2.60. The largest absolute Gasteiger partial charge is 0.469 e. The Kier molecular flexibility index (Phi) is 3.20. The van der Waals surface area contributed by atoms with Gasteiger partial charge in [0.15, 0.2) is 11.6 Å². The third-order valence-electron chi connectivity index (χ3n) is 4.43. The highest BCUT2D eigenvalue weighted by atomic mass is 16.5. The van der Waals surface area contributed by atoms with E-state index in [0.717, 1.165) is 0 Å². The van der Waals surface area contributed by atoms with E-state index in [4.69, 9.17) is 4.74 Å². The summed E-state index contributed by atoms with van der Waals surface area (Å²) in [5.41, 5.74) is -0.559. The number of carbonyl (C=O) groups is 3. The third-order valence-corrected chi connectivity index (χ3v) is 4.43. The summed E-state index contributed by atoms with van der Waals surface area (Å²) in [6, 6.07) is 0. The van der Waals surface area contributed by atoms with Gasteiger partial charge in [0, 0.05) is 5.92 Å². The minimum atomic E-state index is -1.03. The van der Waals surface area contributed by atoms with Crippen LogP contribution in [0.15, 0.2) is 23.8 Å². The van der Waals surface area contributed by atoms with Crippen LogP contribution < -0.4 is 0 Å². The monoisotopic (exact) mass is 262 g/mol. The summed E-state index contributed by atoms with van der Waals surface area (Å²) in [5.74, 6) is -1.93. The molecular weight excluding hydrogens is 244 g/mol. The lowest BCUT2D eigenvalue weighted by Gasteiger charge is -2.45. The van der Waals surface area contributed by atoms with Crippen LogP contribution in [0.3, 0.4) is 0 Å². The molecule has 4 atom stereocenters. The first-order valence-electron chi connectivity index (χ1n) is 6.37. The van der Waals surface area contributed by atoms with Crippen LogP contribution in [0, 0.1) is 23.2 Å². The lowest BCUT2D eigenvalue weighted by molar-refractivity contribution is -0.157. The lowest BCUT2D eigenvalue weighted by atomic mass is 9.54. The number of esters is 1. The molecule has 4 heteroatoms.